The van der Waals surface area contributed by atoms with Crippen LogP contribution < -0.4 is 4.90 Å². The first-order valence-corrected chi connectivity index (χ1v) is 8.54. The van der Waals surface area contributed by atoms with Crippen LogP contribution >= 0.6 is 11.3 Å². The van der Waals surface area contributed by atoms with E-state index in [-0.39, 0.29) is 0 Å². The zero-order valence-corrected chi connectivity index (χ0v) is 13.6. The molecule has 7 heteroatoms. The molecule has 23 heavy (non-hydrogen) atoms. The van der Waals surface area contributed by atoms with Gasteiger partial charge in [-0.05, 0) is 30.4 Å². The molecule has 0 spiro atoms. The molecule has 0 saturated carbocycles. The van der Waals surface area contributed by atoms with Crippen molar-refractivity contribution in [1.29, 1.82) is 5.26 Å². The van der Waals surface area contributed by atoms with Crippen LogP contribution in [0, 0.1) is 11.3 Å². The molecule has 1 aliphatic rings. The van der Waals surface area contributed by atoms with Crippen LogP contribution in [0.5, 0.6) is 0 Å². The summed E-state index contributed by atoms with van der Waals surface area (Å²) in [6, 6.07) is 4.66. The van der Waals surface area contributed by atoms with Crippen LogP contribution in [0.2, 0.25) is 0 Å². The number of thiophene rings is 1. The second-order valence-electron chi connectivity index (χ2n) is 5.63. The molecule has 0 unspecified atom stereocenters. The molecular weight excluding hydrogens is 308 g/mol. The van der Waals surface area contributed by atoms with Crippen LogP contribution in [0.1, 0.15) is 29.8 Å². The summed E-state index contributed by atoms with van der Waals surface area (Å²) in [6.45, 7) is 3.73. The lowest BCUT2D eigenvalue weighted by atomic mass is 10.0. The van der Waals surface area contributed by atoms with Gasteiger partial charge >= 0.3 is 0 Å². The standard InChI is InChI=1S/C16H16N6S/c1-11-12-4-8-23-14(12)3-7-21(11)15-13-9-20-22(6-2-5-17)16(13)19-10-18-15/h4,8-11H,2-3,6-7H2,1H3/t11-/m0/s1. The maximum Gasteiger partial charge on any atom is 0.163 e. The molecule has 0 aromatic carbocycles. The second-order valence-corrected chi connectivity index (χ2v) is 6.63. The predicted octanol–water partition coefficient (Wildman–Crippen LogP) is 2.93. The maximum absolute atomic E-state index is 8.77. The summed E-state index contributed by atoms with van der Waals surface area (Å²) in [7, 11) is 0. The van der Waals surface area contributed by atoms with E-state index in [1.165, 1.54) is 10.4 Å². The number of aryl methyl sites for hydroxylation is 1. The van der Waals surface area contributed by atoms with E-state index < -0.39 is 0 Å². The van der Waals surface area contributed by atoms with Gasteiger partial charge in [0.1, 0.15) is 12.1 Å². The Labute approximate surface area is 138 Å². The van der Waals surface area contributed by atoms with E-state index in [4.69, 9.17) is 5.26 Å². The Hall–Kier alpha value is -2.46. The summed E-state index contributed by atoms with van der Waals surface area (Å²) in [6.07, 6.45) is 4.88. The van der Waals surface area contributed by atoms with E-state index in [1.54, 1.807) is 11.0 Å². The minimum atomic E-state index is 0.297. The van der Waals surface area contributed by atoms with E-state index in [1.807, 2.05) is 17.5 Å². The van der Waals surface area contributed by atoms with Gasteiger partial charge in [-0.1, -0.05) is 0 Å². The number of anilines is 1. The number of rotatable bonds is 3. The van der Waals surface area contributed by atoms with Gasteiger partial charge < -0.3 is 4.90 Å². The molecule has 0 radical (unpaired) electrons. The third-order valence-corrected chi connectivity index (χ3v) is 5.39. The second kappa shape index (κ2) is 5.63. The minimum Gasteiger partial charge on any atom is -0.349 e. The normalized spacial score (nSPS) is 17.2. The monoisotopic (exact) mass is 324 g/mol. The lowest BCUT2D eigenvalue weighted by Gasteiger charge is -2.34. The topological polar surface area (TPSA) is 70.6 Å². The molecule has 4 heterocycles. The van der Waals surface area contributed by atoms with Crippen molar-refractivity contribution in [2.45, 2.75) is 32.4 Å². The molecule has 116 valence electrons. The molecule has 0 saturated heterocycles. The number of aromatic nitrogens is 4. The average Bonchev–Trinajstić information content (AvgIpc) is 3.20. The van der Waals surface area contributed by atoms with Crippen LogP contribution in [0.3, 0.4) is 0 Å². The van der Waals surface area contributed by atoms with Crippen LogP contribution in [0.15, 0.2) is 24.0 Å². The summed E-state index contributed by atoms with van der Waals surface area (Å²) >= 11 is 1.84. The highest BCUT2D eigenvalue weighted by Crippen LogP contribution is 2.37. The van der Waals surface area contributed by atoms with Gasteiger partial charge in [-0.25, -0.2) is 14.6 Å². The molecule has 3 aromatic heterocycles. The zero-order chi connectivity index (χ0) is 15.8. The summed E-state index contributed by atoms with van der Waals surface area (Å²) in [5, 5.41) is 16.3. The average molecular weight is 324 g/mol. The van der Waals surface area contributed by atoms with E-state index in [9.17, 15) is 0 Å². The Kier molecular flexibility index (Phi) is 3.46. The van der Waals surface area contributed by atoms with Crippen molar-refractivity contribution in [2.24, 2.45) is 0 Å². The Morgan fingerprint density at radius 3 is 3.22 bits per heavy atom. The Morgan fingerprint density at radius 1 is 1.43 bits per heavy atom. The van der Waals surface area contributed by atoms with Gasteiger partial charge in [0, 0.05) is 11.4 Å². The Morgan fingerprint density at radius 2 is 2.35 bits per heavy atom. The highest BCUT2D eigenvalue weighted by Gasteiger charge is 2.27. The number of hydrogen-bond acceptors (Lipinski definition) is 6. The van der Waals surface area contributed by atoms with Crippen molar-refractivity contribution in [3.63, 3.8) is 0 Å². The predicted molar refractivity (Wildman–Crippen MR) is 89.3 cm³/mol. The van der Waals surface area contributed by atoms with Gasteiger partial charge in [-0.15, -0.1) is 11.3 Å². The number of nitrogens with zero attached hydrogens (tertiary/aromatic N) is 6. The zero-order valence-electron chi connectivity index (χ0n) is 12.8. The number of nitriles is 1. The molecule has 0 amide bonds. The minimum absolute atomic E-state index is 0.297. The highest BCUT2D eigenvalue weighted by atomic mass is 32.1. The van der Waals surface area contributed by atoms with E-state index in [0.29, 0.717) is 19.0 Å². The molecule has 0 bridgehead atoms. The van der Waals surface area contributed by atoms with Crippen LogP contribution in [0.4, 0.5) is 5.82 Å². The fourth-order valence-electron chi connectivity index (χ4n) is 3.23. The van der Waals surface area contributed by atoms with Crippen LogP contribution in [0.25, 0.3) is 11.0 Å². The number of fused-ring (bicyclic) bond motifs is 2. The van der Waals surface area contributed by atoms with Crippen LogP contribution in [-0.2, 0) is 13.0 Å². The molecule has 1 aliphatic heterocycles. The van der Waals surface area contributed by atoms with Crippen molar-refractivity contribution >= 4 is 28.2 Å². The van der Waals surface area contributed by atoms with Gasteiger partial charge in [-0.2, -0.15) is 10.4 Å². The van der Waals surface area contributed by atoms with E-state index >= 15 is 0 Å². The Bertz CT molecular complexity index is 889. The van der Waals surface area contributed by atoms with Gasteiger partial charge in [0.2, 0.25) is 0 Å². The molecule has 0 fully saturated rings. The van der Waals surface area contributed by atoms with Gasteiger partial charge in [0.15, 0.2) is 5.65 Å². The smallest absolute Gasteiger partial charge is 0.163 e. The Balaban J connectivity index is 1.75. The summed E-state index contributed by atoms with van der Waals surface area (Å²) in [5.74, 6) is 0.933. The van der Waals surface area contributed by atoms with E-state index in [0.717, 1.165) is 29.8 Å². The quantitative estimate of drug-likeness (QED) is 0.741. The van der Waals surface area contributed by atoms with Crippen LogP contribution in [-0.4, -0.2) is 26.3 Å². The van der Waals surface area contributed by atoms with Crippen molar-refractivity contribution < 1.29 is 0 Å². The summed E-state index contributed by atoms with van der Waals surface area (Å²) in [5.41, 5.74) is 2.19. The fourth-order valence-corrected chi connectivity index (χ4v) is 4.19. The molecule has 3 aromatic rings. The highest BCUT2D eigenvalue weighted by molar-refractivity contribution is 7.10. The first kappa shape index (κ1) is 14.2. The lowest BCUT2D eigenvalue weighted by Crippen LogP contribution is -2.33. The molecule has 0 aliphatic carbocycles. The number of hydrogen-bond donors (Lipinski definition) is 0. The van der Waals surface area contributed by atoms with Crippen molar-refractivity contribution in [2.75, 3.05) is 11.4 Å². The fraction of sp³-hybridized carbons (Fsp3) is 0.375. The SMILES string of the molecule is C[C@H]1c2ccsc2CCN1c1ncnc2c1cnn2CCC#N. The van der Waals surface area contributed by atoms with Crippen molar-refractivity contribution in [3.05, 3.63) is 34.4 Å². The third kappa shape index (κ3) is 2.26. The first-order chi connectivity index (χ1) is 11.3. The molecule has 4 rings (SSSR count). The molecular formula is C16H16N6S. The largest absolute Gasteiger partial charge is 0.349 e. The first-order valence-electron chi connectivity index (χ1n) is 7.66. The third-order valence-electron chi connectivity index (χ3n) is 4.40. The molecule has 0 N–H and O–H groups in total. The summed E-state index contributed by atoms with van der Waals surface area (Å²) < 4.78 is 1.79. The maximum atomic E-state index is 8.77. The van der Waals surface area contributed by atoms with E-state index in [2.05, 4.69) is 44.4 Å². The van der Waals surface area contributed by atoms with Gasteiger partial charge in [0.25, 0.3) is 0 Å². The molecule has 1 atom stereocenters. The van der Waals surface area contributed by atoms with Crippen molar-refractivity contribution in [3.8, 4) is 6.07 Å². The molecule has 6 nitrogen and oxygen atoms in total. The summed E-state index contributed by atoms with van der Waals surface area (Å²) in [4.78, 5) is 12.7. The van der Waals surface area contributed by atoms with Gasteiger partial charge in [0.05, 0.1) is 36.7 Å². The van der Waals surface area contributed by atoms with Gasteiger partial charge in [-0.3, -0.25) is 0 Å². The van der Waals surface area contributed by atoms with Crippen molar-refractivity contribution in [1.82, 2.24) is 19.7 Å². The lowest BCUT2D eigenvalue weighted by molar-refractivity contribution is 0.626.